The van der Waals surface area contributed by atoms with Gasteiger partial charge in [-0.3, -0.25) is 9.69 Å². The van der Waals surface area contributed by atoms with E-state index in [0.29, 0.717) is 18.7 Å². The highest BCUT2D eigenvalue weighted by molar-refractivity contribution is 5.94. The van der Waals surface area contributed by atoms with E-state index in [9.17, 15) is 4.79 Å². The Labute approximate surface area is 137 Å². The van der Waals surface area contributed by atoms with Crippen LogP contribution in [-0.2, 0) is 11.3 Å². The van der Waals surface area contributed by atoms with E-state index in [4.69, 9.17) is 10.5 Å². The number of ether oxygens (including phenoxy) is 1. The second-order valence-corrected chi connectivity index (χ2v) is 5.83. The molecule has 2 fully saturated rings. The van der Waals surface area contributed by atoms with Gasteiger partial charge in [-0.05, 0) is 30.5 Å². The molecule has 22 heavy (non-hydrogen) atoms. The molecule has 1 heterocycles. The first-order valence-electron chi connectivity index (χ1n) is 7.69. The molecule has 3 rings (SSSR count). The highest BCUT2D eigenvalue weighted by Crippen LogP contribution is 2.28. The number of benzene rings is 1. The van der Waals surface area contributed by atoms with Crippen LogP contribution in [0.15, 0.2) is 24.3 Å². The van der Waals surface area contributed by atoms with E-state index in [1.807, 2.05) is 24.3 Å². The maximum atomic E-state index is 12.1. The summed E-state index contributed by atoms with van der Waals surface area (Å²) in [7, 11) is 0. The Morgan fingerprint density at radius 3 is 2.68 bits per heavy atom. The predicted molar refractivity (Wildman–Crippen MR) is 88.2 cm³/mol. The third kappa shape index (κ3) is 4.43. The summed E-state index contributed by atoms with van der Waals surface area (Å²) < 4.78 is 5.74. The Hall–Kier alpha value is -1.14. The van der Waals surface area contributed by atoms with Crippen molar-refractivity contribution in [3.63, 3.8) is 0 Å². The van der Waals surface area contributed by atoms with Crippen LogP contribution in [0.5, 0.6) is 0 Å². The van der Waals surface area contributed by atoms with Gasteiger partial charge >= 0.3 is 0 Å². The first-order valence-corrected chi connectivity index (χ1v) is 7.69. The smallest absolute Gasteiger partial charge is 0.251 e. The lowest BCUT2D eigenvalue weighted by Gasteiger charge is -2.33. The largest absolute Gasteiger partial charge is 0.374 e. The standard InChI is InChI=1S/C16H23N3O2.ClH/c17-9-12-1-3-13(4-2-12)16(20)18-10-15-11-19(7-8-21-15)14-5-6-14;/h1-4,14-15H,5-11,17H2,(H,18,20);1H. The zero-order valence-electron chi connectivity index (χ0n) is 12.7. The van der Waals surface area contributed by atoms with Gasteiger partial charge in [-0.2, -0.15) is 0 Å². The molecule has 1 saturated heterocycles. The summed E-state index contributed by atoms with van der Waals surface area (Å²) in [4.78, 5) is 14.6. The number of rotatable bonds is 5. The monoisotopic (exact) mass is 325 g/mol. The van der Waals surface area contributed by atoms with Crippen molar-refractivity contribution in [2.75, 3.05) is 26.2 Å². The second kappa shape index (κ2) is 7.92. The molecule has 3 N–H and O–H groups in total. The Kier molecular flexibility index (Phi) is 6.20. The van der Waals surface area contributed by atoms with Crippen molar-refractivity contribution >= 4 is 18.3 Å². The molecule has 5 nitrogen and oxygen atoms in total. The average molecular weight is 326 g/mol. The molecule has 0 radical (unpaired) electrons. The molecule has 2 aliphatic rings. The average Bonchev–Trinajstić information content (AvgIpc) is 3.38. The minimum atomic E-state index is -0.0503. The summed E-state index contributed by atoms with van der Waals surface area (Å²) in [6, 6.07) is 8.17. The Balaban J connectivity index is 0.00000176. The van der Waals surface area contributed by atoms with Crippen molar-refractivity contribution in [3.05, 3.63) is 35.4 Å². The van der Waals surface area contributed by atoms with E-state index in [0.717, 1.165) is 31.3 Å². The van der Waals surface area contributed by atoms with Crippen LogP contribution in [0.25, 0.3) is 0 Å². The first kappa shape index (κ1) is 17.2. The minimum absolute atomic E-state index is 0. The van der Waals surface area contributed by atoms with Crippen molar-refractivity contribution in [1.29, 1.82) is 0 Å². The quantitative estimate of drug-likeness (QED) is 0.852. The number of nitrogens with two attached hydrogens (primary N) is 1. The maximum Gasteiger partial charge on any atom is 0.251 e. The number of morpholine rings is 1. The molecule has 1 saturated carbocycles. The van der Waals surface area contributed by atoms with Crippen molar-refractivity contribution in [1.82, 2.24) is 10.2 Å². The third-order valence-corrected chi connectivity index (χ3v) is 4.18. The van der Waals surface area contributed by atoms with Crippen LogP contribution in [0.3, 0.4) is 0 Å². The van der Waals surface area contributed by atoms with Crippen molar-refractivity contribution in [2.24, 2.45) is 5.73 Å². The van der Waals surface area contributed by atoms with Crippen LogP contribution < -0.4 is 11.1 Å². The number of carbonyl (C=O) groups is 1. The van der Waals surface area contributed by atoms with Crippen LogP contribution in [0.1, 0.15) is 28.8 Å². The number of carbonyl (C=O) groups excluding carboxylic acids is 1. The Morgan fingerprint density at radius 2 is 2.05 bits per heavy atom. The molecule has 1 atom stereocenters. The van der Waals surface area contributed by atoms with E-state index in [-0.39, 0.29) is 24.4 Å². The summed E-state index contributed by atoms with van der Waals surface area (Å²) in [6.07, 6.45) is 2.73. The van der Waals surface area contributed by atoms with Gasteiger partial charge in [0.1, 0.15) is 0 Å². The lowest BCUT2D eigenvalue weighted by Crippen LogP contribution is -2.48. The molecule has 0 spiro atoms. The summed E-state index contributed by atoms with van der Waals surface area (Å²) in [5, 5.41) is 2.96. The normalized spacial score (nSPS) is 22.0. The van der Waals surface area contributed by atoms with Gasteiger partial charge in [0.15, 0.2) is 0 Å². The summed E-state index contributed by atoms with van der Waals surface area (Å²) in [5.41, 5.74) is 7.25. The molecule has 122 valence electrons. The highest BCUT2D eigenvalue weighted by atomic mass is 35.5. The third-order valence-electron chi connectivity index (χ3n) is 4.18. The van der Waals surface area contributed by atoms with Crippen LogP contribution in [-0.4, -0.2) is 49.2 Å². The van der Waals surface area contributed by atoms with E-state index < -0.39 is 0 Å². The molecule has 1 unspecified atom stereocenters. The molecular weight excluding hydrogens is 302 g/mol. The molecule has 1 aliphatic carbocycles. The number of amides is 1. The van der Waals surface area contributed by atoms with E-state index >= 15 is 0 Å². The fourth-order valence-electron chi connectivity index (χ4n) is 2.74. The molecule has 6 heteroatoms. The van der Waals surface area contributed by atoms with Gasteiger partial charge in [0.2, 0.25) is 0 Å². The van der Waals surface area contributed by atoms with Crippen LogP contribution in [0.4, 0.5) is 0 Å². The lowest BCUT2D eigenvalue weighted by atomic mass is 10.1. The molecule has 1 aromatic rings. The fourth-order valence-corrected chi connectivity index (χ4v) is 2.74. The number of halogens is 1. The molecule has 1 aromatic carbocycles. The SMILES string of the molecule is Cl.NCc1ccc(C(=O)NCC2CN(C3CC3)CCO2)cc1. The van der Waals surface area contributed by atoms with Gasteiger partial charge in [0.05, 0.1) is 12.7 Å². The number of nitrogens with zero attached hydrogens (tertiary/aromatic N) is 1. The number of nitrogens with one attached hydrogen (secondary N) is 1. The van der Waals surface area contributed by atoms with E-state index in [2.05, 4.69) is 10.2 Å². The molecule has 1 amide bonds. The van der Waals surface area contributed by atoms with Gasteiger partial charge in [0, 0.05) is 37.8 Å². The zero-order valence-corrected chi connectivity index (χ0v) is 13.5. The van der Waals surface area contributed by atoms with Gasteiger partial charge in [-0.25, -0.2) is 0 Å². The first-order chi connectivity index (χ1) is 10.3. The van der Waals surface area contributed by atoms with E-state index in [1.165, 1.54) is 12.8 Å². The number of hydrogen-bond acceptors (Lipinski definition) is 4. The highest BCUT2D eigenvalue weighted by Gasteiger charge is 2.32. The molecular formula is C16H24ClN3O2. The van der Waals surface area contributed by atoms with Crippen molar-refractivity contribution in [3.8, 4) is 0 Å². The maximum absolute atomic E-state index is 12.1. The molecule has 0 aromatic heterocycles. The van der Waals surface area contributed by atoms with Gasteiger partial charge < -0.3 is 15.8 Å². The Bertz CT molecular complexity index is 491. The zero-order chi connectivity index (χ0) is 14.7. The van der Waals surface area contributed by atoms with Crippen molar-refractivity contribution < 1.29 is 9.53 Å². The van der Waals surface area contributed by atoms with Gasteiger partial charge in [-0.15, -0.1) is 12.4 Å². The summed E-state index contributed by atoms with van der Waals surface area (Å²) in [6.45, 7) is 3.78. The predicted octanol–water partition coefficient (Wildman–Crippen LogP) is 1.16. The van der Waals surface area contributed by atoms with Gasteiger partial charge in [0.25, 0.3) is 5.91 Å². The summed E-state index contributed by atoms with van der Waals surface area (Å²) in [5.74, 6) is -0.0503. The van der Waals surface area contributed by atoms with Crippen LogP contribution in [0.2, 0.25) is 0 Å². The Morgan fingerprint density at radius 1 is 1.32 bits per heavy atom. The van der Waals surface area contributed by atoms with Crippen LogP contribution in [0, 0.1) is 0 Å². The fraction of sp³-hybridized carbons (Fsp3) is 0.562. The topological polar surface area (TPSA) is 67.6 Å². The lowest BCUT2D eigenvalue weighted by molar-refractivity contribution is -0.0293. The second-order valence-electron chi connectivity index (χ2n) is 5.83. The van der Waals surface area contributed by atoms with Crippen molar-refractivity contribution in [2.45, 2.75) is 31.5 Å². The molecule has 0 bridgehead atoms. The minimum Gasteiger partial charge on any atom is -0.374 e. The summed E-state index contributed by atoms with van der Waals surface area (Å²) >= 11 is 0. The van der Waals surface area contributed by atoms with E-state index in [1.54, 1.807) is 0 Å². The van der Waals surface area contributed by atoms with Gasteiger partial charge in [-0.1, -0.05) is 12.1 Å². The molecule has 1 aliphatic heterocycles. The number of hydrogen-bond donors (Lipinski definition) is 2. The van der Waals surface area contributed by atoms with Crippen LogP contribution >= 0.6 is 12.4 Å².